The minimum absolute atomic E-state index is 0.0243. The van der Waals surface area contributed by atoms with Crippen molar-refractivity contribution >= 4 is 11.6 Å². The van der Waals surface area contributed by atoms with E-state index in [9.17, 15) is 4.79 Å². The van der Waals surface area contributed by atoms with E-state index in [-0.39, 0.29) is 11.8 Å². The highest BCUT2D eigenvalue weighted by molar-refractivity contribution is 5.76. The first-order valence-corrected chi connectivity index (χ1v) is 13.0. The Morgan fingerprint density at radius 2 is 1.71 bits per heavy atom. The van der Waals surface area contributed by atoms with Crippen LogP contribution in [0.4, 0.5) is 5.69 Å². The van der Waals surface area contributed by atoms with Gasteiger partial charge in [0.25, 0.3) is 0 Å². The summed E-state index contributed by atoms with van der Waals surface area (Å²) in [5, 5.41) is 0. The van der Waals surface area contributed by atoms with Gasteiger partial charge in [-0.3, -0.25) is 4.79 Å². The van der Waals surface area contributed by atoms with Crippen LogP contribution < -0.4 is 15.4 Å². The zero-order chi connectivity index (χ0) is 24.3. The molecule has 34 heavy (non-hydrogen) atoms. The lowest BCUT2D eigenvalue weighted by Gasteiger charge is -2.40. The van der Waals surface area contributed by atoms with E-state index in [1.807, 2.05) is 25.1 Å². The van der Waals surface area contributed by atoms with Crippen molar-refractivity contribution in [3.63, 3.8) is 0 Å². The van der Waals surface area contributed by atoms with Gasteiger partial charge >= 0.3 is 0 Å². The van der Waals surface area contributed by atoms with Crippen molar-refractivity contribution in [2.45, 2.75) is 65.5 Å². The second-order valence-electron chi connectivity index (χ2n) is 10.2. The third-order valence-electron chi connectivity index (χ3n) is 6.96. The molecule has 1 aliphatic rings. The zero-order valence-corrected chi connectivity index (χ0v) is 21.3. The van der Waals surface area contributed by atoms with Gasteiger partial charge in [-0.05, 0) is 74.4 Å². The number of amides is 1. The van der Waals surface area contributed by atoms with E-state index < -0.39 is 0 Å². The number of anilines is 1. The highest BCUT2D eigenvalue weighted by atomic mass is 16.5. The van der Waals surface area contributed by atoms with Crippen molar-refractivity contribution in [1.82, 2.24) is 4.90 Å². The lowest BCUT2D eigenvalue weighted by atomic mass is 9.99. The molecule has 0 aromatic heterocycles. The number of hydrogen-bond acceptors (Lipinski definition) is 4. The highest BCUT2D eigenvalue weighted by Gasteiger charge is 2.25. The van der Waals surface area contributed by atoms with Crippen LogP contribution in [0.5, 0.6) is 5.75 Å². The van der Waals surface area contributed by atoms with Crippen molar-refractivity contribution in [3.05, 3.63) is 60.2 Å². The van der Waals surface area contributed by atoms with E-state index in [0.29, 0.717) is 18.6 Å². The van der Waals surface area contributed by atoms with Crippen LogP contribution in [0.2, 0.25) is 0 Å². The minimum atomic E-state index is -0.184. The maximum Gasteiger partial charge on any atom is 0.220 e. The summed E-state index contributed by atoms with van der Waals surface area (Å²) in [6.07, 6.45) is 5.47. The average Bonchev–Trinajstić information content (AvgIpc) is 2.85. The van der Waals surface area contributed by atoms with Crippen molar-refractivity contribution in [2.75, 3.05) is 31.1 Å². The van der Waals surface area contributed by atoms with Gasteiger partial charge in [0.05, 0.1) is 0 Å². The first-order chi connectivity index (χ1) is 16.4. The van der Waals surface area contributed by atoms with Gasteiger partial charge in [0.1, 0.15) is 12.4 Å². The highest BCUT2D eigenvalue weighted by Crippen LogP contribution is 2.27. The fraction of sp³-hybridized carbons (Fsp3) is 0.552. The fourth-order valence-corrected chi connectivity index (χ4v) is 4.61. The summed E-state index contributed by atoms with van der Waals surface area (Å²) in [5.41, 5.74) is 7.87. The number of piperidine rings is 1. The molecule has 1 saturated heterocycles. The molecule has 0 bridgehead atoms. The van der Waals surface area contributed by atoms with E-state index in [0.717, 1.165) is 44.8 Å². The molecule has 0 saturated carbocycles. The van der Waals surface area contributed by atoms with Crippen LogP contribution in [-0.2, 0) is 11.4 Å². The van der Waals surface area contributed by atoms with Crippen LogP contribution in [0.25, 0.3) is 0 Å². The molecule has 186 valence electrons. The zero-order valence-electron chi connectivity index (χ0n) is 21.3. The summed E-state index contributed by atoms with van der Waals surface area (Å²) in [7, 11) is 0. The molecule has 2 N–H and O–H groups in total. The lowest BCUT2D eigenvalue weighted by Crippen LogP contribution is -2.46. The maximum absolute atomic E-state index is 11.3. The standard InChI is InChI=1S/C29H43N3O2/c1-23(2)15-21-32(27-16-19-31(20-17-27)18-7-8-24(3)29(30)33)26-11-13-28(14-12-26)34-22-25-9-5-4-6-10-25/h4-6,9-14,23-24,27H,7-8,15-22H2,1-3H3,(H2,30,33). The predicted molar refractivity (Wildman–Crippen MR) is 141 cm³/mol. The van der Waals surface area contributed by atoms with E-state index in [2.05, 4.69) is 60.0 Å². The molecule has 5 nitrogen and oxygen atoms in total. The van der Waals surface area contributed by atoms with Crippen LogP contribution >= 0.6 is 0 Å². The molecule has 1 atom stereocenters. The number of carbonyl (C=O) groups excluding carboxylic acids is 1. The van der Waals surface area contributed by atoms with E-state index in [4.69, 9.17) is 10.5 Å². The molecule has 1 heterocycles. The molecule has 2 aromatic carbocycles. The summed E-state index contributed by atoms with van der Waals surface area (Å²) >= 11 is 0. The van der Waals surface area contributed by atoms with Gasteiger partial charge in [0.15, 0.2) is 0 Å². The minimum Gasteiger partial charge on any atom is -0.489 e. The number of hydrogen-bond donors (Lipinski definition) is 1. The SMILES string of the molecule is CC(C)CCN(c1ccc(OCc2ccccc2)cc1)C1CCN(CCCC(C)C(N)=O)CC1. The van der Waals surface area contributed by atoms with Crippen LogP contribution in [0.3, 0.4) is 0 Å². The van der Waals surface area contributed by atoms with Gasteiger partial charge in [-0.2, -0.15) is 0 Å². The lowest BCUT2D eigenvalue weighted by molar-refractivity contribution is -0.121. The summed E-state index contributed by atoms with van der Waals surface area (Å²) in [4.78, 5) is 16.4. The number of nitrogens with two attached hydrogens (primary N) is 1. The van der Waals surface area contributed by atoms with Crippen LogP contribution in [0, 0.1) is 11.8 Å². The normalized spacial score (nSPS) is 15.9. The Bertz CT molecular complexity index is 845. The summed E-state index contributed by atoms with van der Waals surface area (Å²) in [6.45, 7) is 11.5. The van der Waals surface area contributed by atoms with Gasteiger partial charge < -0.3 is 20.3 Å². The van der Waals surface area contributed by atoms with Crippen molar-refractivity contribution in [3.8, 4) is 5.75 Å². The number of primary amides is 1. The molecule has 3 rings (SSSR count). The van der Waals surface area contributed by atoms with Crippen molar-refractivity contribution in [1.29, 1.82) is 0 Å². The predicted octanol–water partition coefficient (Wildman–Crippen LogP) is 5.48. The summed E-state index contributed by atoms with van der Waals surface area (Å²) < 4.78 is 6.00. The van der Waals surface area contributed by atoms with Crippen LogP contribution in [0.1, 0.15) is 58.4 Å². The first-order valence-electron chi connectivity index (χ1n) is 13.0. The topological polar surface area (TPSA) is 58.8 Å². The van der Waals surface area contributed by atoms with Crippen LogP contribution in [0.15, 0.2) is 54.6 Å². The molecule has 1 aliphatic heterocycles. The summed E-state index contributed by atoms with van der Waals surface area (Å²) in [6, 6.07) is 19.5. The Morgan fingerprint density at radius 3 is 2.32 bits per heavy atom. The molecule has 1 fully saturated rings. The Hall–Kier alpha value is -2.53. The van der Waals surface area contributed by atoms with Crippen LogP contribution in [-0.4, -0.2) is 43.0 Å². The third kappa shape index (κ3) is 8.35. The van der Waals surface area contributed by atoms with Crippen molar-refractivity contribution < 1.29 is 9.53 Å². The average molecular weight is 466 g/mol. The van der Waals surface area contributed by atoms with Gasteiger partial charge in [0, 0.05) is 37.3 Å². The maximum atomic E-state index is 11.3. The number of carbonyl (C=O) groups is 1. The Balaban J connectivity index is 1.54. The third-order valence-corrected chi connectivity index (χ3v) is 6.96. The fourth-order valence-electron chi connectivity index (χ4n) is 4.61. The molecule has 0 aliphatic carbocycles. The molecular formula is C29H43N3O2. The number of ether oxygens (including phenoxy) is 1. The van der Waals surface area contributed by atoms with Crippen molar-refractivity contribution in [2.24, 2.45) is 17.6 Å². The molecule has 1 amide bonds. The van der Waals surface area contributed by atoms with E-state index in [1.54, 1.807) is 0 Å². The molecule has 0 spiro atoms. The largest absolute Gasteiger partial charge is 0.489 e. The molecule has 1 unspecified atom stereocenters. The molecular weight excluding hydrogens is 422 g/mol. The number of benzene rings is 2. The second kappa shape index (κ2) is 13.4. The van der Waals surface area contributed by atoms with Gasteiger partial charge in [0.2, 0.25) is 5.91 Å². The Labute approximate surface area is 206 Å². The van der Waals surface area contributed by atoms with Gasteiger partial charge in [-0.1, -0.05) is 51.1 Å². The van der Waals surface area contributed by atoms with E-state index in [1.165, 1.54) is 30.5 Å². The number of likely N-dealkylation sites (tertiary alicyclic amines) is 1. The second-order valence-corrected chi connectivity index (χ2v) is 10.2. The monoisotopic (exact) mass is 465 g/mol. The molecule has 5 heteroatoms. The number of rotatable bonds is 13. The molecule has 0 radical (unpaired) electrons. The first kappa shape index (κ1) is 26.1. The smallest absolute Gasteiger partial charge is 0.220 e. The van der Waals surface area contributed by atoms with E-state index >= 15 is 0 Å². The summed E-state index contributed by atoms with van der Waals surface area (Å²) in [5.74, 6) is 1.39. The number of nitrogens with zero attached hydrogens (tertiary/aromatic N) is 2. The van der Waals surface area contributed by atoms with Gasteiger partial charge in [-0.15, -0.1) is 0 Å². The molecule has 2 aromatic rings. The Morgan fingerprint density at radius 1 is 1.03 bits per heavy atom. The quantitative estimate of drug-likeness (QED) is 0.425. The Kier molecular flexibility index (Phi) is 10.3. The van der Waals surface area contributed by atoms with Gasteiger partial charge in [-0.25, -0.2) is 0 Å².